The van der Waals surface area contributed by atoms with Crippen molar-refractivity contribution in [2.75, 3.05) is 6.54 Å². The number of ether oxygens (including phenoxy) is 2. The molecule has 0 bridgehead atoms. The normalized spacial score (nSPS) is 18.4. The maximum Gasteiger partial charge on any atom is 0.311 e. The molecule has 0 aliphatic carbocycles. The number of carbonyl (C=O) groups is 2. The maximum absolute atomic E-state index is 12.4. The average Bonchev–Trinajstić information content (AvgIpc) is 2.88. The highest BCUT2D eigenvalue weighted by atomic mass is 16.5. The van der Waals surface area contributed by atoms with E-state index >= 15 is 0 Å². The average molecular weight is 545 g/mol. The quantitative estimate of drug-likeness (QED) is 0.161. The Bertz CT molecular complexity index is 953. The van der Waals surface area contributed by atoms with E-state index < -0.39 is 0 Å². The highest BCUT2D eigenvalue weighted by molar-refractivity contribution is 5.84. The summed E-state index contributed by atoms with van der Waals surface area (Å²) in [5, 5.41) is 0. The van der Waals surface area contributed by atoms with Gasteiger partial charge < -0.3 is 15.2 Å². The van der Waals surface area contributed by atoms with Crippen LogP contribution in [0, 0.1) is 38.5 Å². The van der Waals surface area contributed by atoms with Crippen LogP contribution in [-0.2, 0) is 16.0 Å². The van der Waals surface area contributed by atoms with Crippen molar-refractivity contribution in [3.8, 4) is 11.5 Å². The van der Waals surface area contributed by atoms with Crippen LogP contribution in [0.3, 0.4) is 0 Å². The Labute approximate surface area is 239 Å². The highest BCUT2D eigenvalue weighted by Gasteiger charge is 2.34. The van der Waals surface area contributed by atoms with Gasteiger partial charge in [0.15, 0.2) is 5.78 Å². The number of quaternary nitrogens is 1. The predicted octanol–water partition coefficient (Wildman–Crippen LogP) is 7.63. The van der Waals surface area contributed by atoms with E-state index in [0.717, 1.165) is 65.0 Å². The second-order valence-electron chi connectivity index (χ2n) is 13.2. The third-order valence-electron chi connectivity index (χ3n) is 8.94. The summed E-state index contributed by atoms with van der Waals surface area (Å²) in [7, 11) is 0. The molecule has 5 heteroatoms. The Morgan fingerprint density at radius 3 is 2.05 bits per heavy atom. The van der Waals surface area contributed by atoms with Crippen LogP contribution in [0.25, 0.3) is 0 Å². The first-order valence-electron chi connectivity index (χ1n) is 15.7. The first kappa shape index (κ1) is 33.3. The Morgan fingerprint density at radius 1 is 0.872 bits per heavy atom. The van der Waals surface area contributed by atoms with Gasteiger partial charge in [-0.2, -0.15) is 0 Å². The van der Waals surface area contributed by atoms with Crippen molar-refractivity contribution in [1.82, 2.24) is 0 Å². The number of rotatable bonds is 17. The molecule has 1 heterocycles. The number of carbonyl (C=O) groups excluding carboxylic acids is 2. The van der Waals surface area contributed by atoms with Gasteiger partial charge in [-0.05, 0) is 87.8 Å². The summed E-state index contributed by atoms with van der Waals surface area (Å²) in [4.78, 5) is 24.0. The van der Waals surface area contributed by atoms with E-state index in [0.29, 0.717) is 5.75 Å². The molecule has 0 spiro atoms. The molecule has 222 valence electrons. The van der Waals surface area contributed by atoms with E-state index in [9.17, 15) is 9.59 Å². The summed E-state index contributed by atoms with van der Waals surface area (Å²) >= 11 is 0. The number of esters is 1. The van der Waals surface area contributed by atoms with Gasteiger partial charge in [-0.3, -0.25) is 9.59 Å². The maximum atomic E-state index is 12.4. The lowest BCUT2D eigenvalue weighted by molar-refractivity contribution is -0.354. The molecule has 2 rings (SSSR count). The van der Waals surface area contributed by atoms with E-state index in [-0.39, 0.29) is 36.7 Å². The zero-order chi connectivity index (χ0) is 29.2. The van der Waals surface area contributed by atoms with Crippen LogP contribution < -0.4 is 15.2 Å². The number of hydrogen-bond acceptors (Lipinski definition) is 4. The lowest BCUT2D eigenvalue weighted by atomic mass is 9.83. The molecular weight excluding hydrogens is 486 g/mol. The van der Waals surface area contributed by atoms with Gasteiger partial charge in [0.1, 0.15) is 23.6 Å². The second-order valence-corrected chi connectivity index (χ2v) is 13.2. The largest absolute Gasteiger partial charge is 0.487 e. The van der Waals surface area contributed by atoms with Gasteiger partial charge >= 0.3 is 5.97 Å². The molecule has 5 nitrogen and oxygen atoms in total. The Hall–Kier alpha value is -1.88. The number of ketones is 1. The fourth-order valence-corrected chi connectivity index (χ4v) is 5.94. The van der Waals surface area contributed by atoms with Gasteiger partial charge in [-0.25, -0.2) is 0 Å². The molecule has 1 aromatic carbocycles. The Balaban J connectivity index is 1.87. The molecular formula is C34H58NO4+. The summed E-state index contributed by atoms with van der Waals surface area (Å²) in [5.74, 6) is 3.67. The molecule has 0 amide bonds. The van der Waals surface area contributed by atoms with Crippen molar-refractivity contribution in [1.29, 1.82) is 0 Å². The zero-order valence-electron chi connectivity index (χ0n) is 26.5. The molecule has 3 atom stereocenters. The van der Waals surface area contributed by atoms with Crippen molar-refractivity contribution in [2.24, 2.45) is 17.8 Å². The van der Waals surface area contributed by atoms with Gasteiger partial charge in [0, 0.05) is 12.0 Å². The summed E-state index contributed by atoms with van der Waals surface area (Å²) in [6, 6.07) is 0. The fraction of sp³-hybridized carbons (Fsp3) is 0.765. The van der Waals surface area contributed by atoms with Gasteiger partial charge in [0.05, 0.1) is 6.42 Å². The predicted molar refractivity (Wildman–Crippen MR) is 160 cm³/mol. The van der Waals surface area contributed by atoms with E-state index in [4.69, 9.17) is 9.47 Å². The van der Waals surface area contributed by atoms with Crippen LogP contribution in [-0.4, -0.2) is 23.9 Å². The van der Waals surface area contributed by atoms with E-state index in [1.807, 2.05) is 13.8 Å². The molecule has 0 unspecified atom stereocenters. The second kappa shape index (κ2) is 15.8. The van der Waals surface area contributed by atoms with Crippen LogP contribution in [0.15, 0.2) is 0 Å². The van der Waals surface area contributed by atoms with Crippen molar-refractivity contribution in [2.45, 2.75) is 144 Å². The molecule has 1 aromatic rings. The third-order valence-corrected chi connectivity index (χ3v) is 8.94. The first-order valence-corrected chi connectivity index (χ1v) is 15.7. The lowest BCUT2D eigenvalue weighted by Gasteiger charge is -2.38. The van der Waals surface area contributed by atoms with E-state index in [2.05, 4.69) is 47.3 Å². The first-order chi connectivity index (χ1) is 18.4. The van der Waals surface area contributed by atoms with E-state index in [1.165, 1.54) is 51.4 Å². The summed E-state index contributed by atoms with van der Waals surface area (Å²) < 4.78 is 12.5. The minimum atomic E-state index is -0.362. The number of Topliss-reactive ketones (excluding diaryl/α,β-unsaturated/α-hetero) is 1. The van der Waals surface area contributed by atoms with Crippen LogP contribution in [0.1, 0.15) is 134 Å². The molecule has 0 radical (unpaired) electrons. The van der Waals surface area contributed by atoms with Crippen LogP contribution in [0.2, 0.25) is 0 Å². The third kappa shape index (κ3) is 10.6. The van der Waals surface area contributed by atoms with Crippen molar-refractivity contribution in [3.05, 3.63) is 22.3 Å². The number of hydrogen-bond donors (Lipinski definition) is 1. The lowest BCUT2D eigenvalue weighted by Crippen LogP contribution is -2.54. The SMILES string of the molecule is Cc1c(C)c2c(c(C)c1OC(=O)CCC(=O)C[NH3+])CC[C@@](C)(CCC[C@@H](C)CCC[C@@H](C)CCCC(C)C)O2. The molecule has 1 aliphatic heterocycles. The van der Waals surface area contributed by atoms with Gasteiger partial charge in [0.2, 0.25) is 0 Å². The molecule has 0 saturated heterocycles. The Kier molecular flexibility index (Phi) is 13.5. The summed E-state index contributed by atoms with van der Waals surface area (Å²) in [5.41, 5.74) is 7.56. The molecule has 1 aliphatic rings. The number of fused-ring (bicyclic) bond motifs is 1. The van der Waals surface area contributed by atoms with Gasteiger partial charge in [-0.15, -0.1) is 0 Å². The van der Waals surface area contributed by atoms with Gasteiger partial charge in [-0.1, -0.05) is 72.6 Å². The van der Waals surface area contributed by atoms with Crippen LogP contribution in [0.5, 0.6) is 11.5 Å². The standard InChI is InChI=1S/C34H57NO4/c1-23(2)12-9-13-24(3)14-10-15-25(4)16-11-20-34(8)21-19-30-28(7)32(26(5)27(6)33(30)39-34)38-31(37)18-17-29(36)22-35/h23-25H,9-22,35H2,1-8H3/p+1/t24-,25-,34+/m0/s1. The molecule has 0 fully saturated rings. The molecule has 0 aromatic heterocycles. The smallest absolute Gasteiger partial charge is 0.311 e. The van der Waals surface area contributed by atoms with Crippen LogP contribution >= 0.6 is 0 Å². The highest BCUT2D eigenvalue weighted by Crippen LogP contribution is 2.45. The van der Waals surface area contributed by atoms with Gasteiger partial charge in [0.25, 0.3) is 0 Å². The molecule has 0 saturated carbocycles. The number of benzene rings is 1. The zero-order valence-corrected chi connectivity index (χ0v) is 26.5. The van der Waals surface area contributed by atoms with Crippen LogP contribution in [0.4, 0.5) is 0 Å². The van der Waals surface area contributed by atoms with E-state index in [1.54, 1.807) is 0 Å². The van der Waals surface area contributed by atoms with Crippen molar-refractivity contribution < 1.29 is 24.8 Å². The molecule has 3 N–H and O–H groups in total. The summed E-state index contributed by atoms with van der Waals surface area (Å²) in [6.45, 7) is 18.0. The van der Waals surface area contributed by atoms with Crippen molar-refractivity contribution >= 4 is 11.8 Å². The summed E-state index contributed by atoms with van der Waals surface area (Å²) in [6.07, 6.45) is 13.8. The minimum Gasteiger partial charge on any atom is -0.487 e. The topological polar surface area (TPSA) is 80.2 Å². The molecule has 39 heavy (non-hydrogen) atoms. The fourth-order valence-electron chi connectivity index (χ4n) is 5.94. The monoisotopic (exact) mass is 544 g/mol. The minimum absolute atomic E-state index is 0.0220. The van der Waals surface area contributed by atoms with Crippen molar-refractivity contribution in [3.63, 3.8) is 0 Å². The Morgan fingerprint density at radius 2 is 1.46 bits per heavy atom.